The normalized spacial score (nSPS) is 10.3. The van der Waals surface area contributed by atoms with Crippen molar-refractivity contribution >= 4 is 44.8 Å². The summed E-state index contributed by atoms with van der Waals surface area (Å²) in [4.78, 5) is 11.9. The minimum Gasteiger partial charge on any atom is -0.399 e. The first-order valence-corrected chi connectivity index (χ1v) is 7.31. The quantitative estimate of drug-likeness (QED) is 0.807. The first-order valence-electron chi connectivity index (χ1n) is 6.14. The lowest BCUT2D eigenvalue weighted by Crippen LogP contribution is -2.12. The van der Waals surface area contributed by atoms with Gasteiger partial charge in [0.2, 0.25) is 5.91 Å². The molecule has 0 bridgehead atoms. The predicted octanol–water partition coefficient (Wildman–Crippen LogP) is 4.26. The molecular formula is C15H14BrClN2O. The van der Waals surface area contributed by atoms with Gasteiger partial charge in [0.05, 0.1) is 5.02 Å². The van der Waals surface area contributed by atoms with Crippen LogP contribution in [-0.2, 0) is 11.2 Å². The molecule has 0 saturated heterocycles. The summed E-state index contributed by atoms with van der Waals surface area (Å²) in [5, 5.41) is 3.45. The summed E-state index contributed by atoms with van der Waals surface area (Å²) in [5.74, 6) is -0.0314. The molecule has 0 fully saturated rings. The fourth-order valence-corrected chi connectivity index (χ4v) is 2.24. The summed E-state index contributed by atoms with van der Waals surface area (Å²) in [6, 6.07) is 12.8. The Labute approximate surface area is 131 Å². The van der Waals surface area contributed by atoms with Gasteiger partial charge in [0.15, 0.2) is 0 Å². The minimum absolute atomic E-state index is 0.0314. The van der Waals surface area contributed by atoms with E-state index in [2.05, 4.69) is 21.2 Å². The van der Waals surface area contributed by atoms with E-state index in [4.69, 9.17) is 17.3 Å². The number of nitrogens with two attached hydrogens (primary N) is 1. The molecule has 0 aliphatic heterocycles. The Hall–Kier alpha value is -1.52. The van der Waals surface area contributed by atoms with Gasteiger partial charge in [-0.05, 0) is 58.2 Å². The molecule has 20 heavy (non-hydrogen) atoms. The molecule has 0 radical (unpaired) electrons. The van der Waals surface area contributed by atoms with Crippen molar-refractivity contribution in [3.8, 4) is 0 Å². The van der Waals surface area contributed by atoms with E-state index in [1.165, 1.54) is 0 Å². The third-order valence-corrected chi connectivity index (χ3v) is 4.04. The summed E-state index contributed by atoms with van der Waals surface area (Å²) >= 11 is 9.22. The van der Waals surface area contributed by atoms with E-state index in [-0.39, 0.29) is 5.91 Å². The van der Waals surface area contributed by atoms with E-state index >= 15 is 0 Å². The van der Waals surface area contributed by atoms with Gasteiger partial charge in [0, 0.05) is 22.3 Å². The van der Waals surface area contributed by atoms with Gasteiger partial charge in [-0.25, -0.2) is 0 Å². The molecule has 0 aromatic heterocycles. The highest BCUT2D eigenvalue weighted by molar-refractivity contribution is 9.10. The summed E-state index contributed by atoms with van der Waals surface area (Å²) < 4.78 is 0.760. The number of hydrogen-bond acceptors (Lipinski definition) is 2. The monoisotopic (exact) mass is 352 g/mol. The minimum atomic E-state index is -0.0314. The van der Waals surface area contributed by atoms with E-state index in [0.29, 0.717) is 17.9 Å². The molecule has 104 valence electrons. The molecule has 5 heteroatoms. The van der Waals surface area contributed by atoms with Gasteiger partial charge < -0.3 is 11.1 Å². The van der Waals surface area contributed by atoms with Crippen LogP contribution in [0.25, 0.3) is 0 Å². The van der Waals surface area contributed by atoms with Crippen LogP contribution in [0.5, 0.6) is 0 Å². The molecule has 0 spiro atoms. The Morgan fingerprint density at radius 2 is 1.90 bits per heavy atom. The average Bonchev–Trinajstić information content (AvgIpc) is 2.42. The van der Waals surface area contributed by atoms with Crippen LogP contribution in [0, 0.1) is 0 Å². The van der Waals surface area contributed by atoms with Crippen molar-refractivity contribution in [3.05, 3.63) is 57.5 Å². The zero-order chi connectivity index (χ0) is 14.5. The third-order valence-electron chi connectivity index (χ3n) is 2.82. The van der Waals surface area contributed by atoms with Crippen molar-refractivity contribution in [1.29, 1.82) is 0 Å². The molecular weight excluding hydrogens is 340 g/mol. The smallest absolute Gasteiger partial charge is 0.224 e. The molecule has 2 rings (SSSR count). The highest BCUT2D eigenvalue weighted by Crippen LogP contribution is 2.25. The first-order chi connectivity index (χ1) is 9.54. The molecule has 0 heterocycles. The Morgan fingerprint density at radius 3 is 2.55 bits per heavy atom. The number of aryl methyl sites for hydroxylation is 1. The molecule has 2 aromatic rings. The molecule has 0 unspecified atom stereocenters. The van der Waals surface area contributed by atoms with Crippen molar-refractivity contribution in [2.24, 2.45) is 0 Å². The molecule has 0 saturated carbocycles. The van der Waals surface area contributed by atoms with E-state index in [0.717, 1.165) is 21.4 Å². The van der Waals surface area contributed by atoms with Gasteiger partial charge in [0.25, 0.3) is 0 Å². The Bertz CT molecular complexity index is 614. The number of anilines is 2. The second kappa shape index (κ2) is 6.77. The van der Waals surface area contributed by atoms with Gasteiger partial charge in [-0.3, -0.25) is 4.79 Å². The first kappa shape index (κ1) is 14.9. The van der Waals surface area contributed by atoms with Crippen LogP contribution in [0.2, 0.25) is 5.02 Å². The fourth-order valence-electron chi connectivity index (χ4n) is 1.74. The lowest BCUT2D eigenvalue weighted by Gasteiger charge is -2.07. The molecule has 0 atom stereocenters. The topological polar surface area (TPSA) is 55.1 Å². The molecule has 3 N–H and O–H groups in total. The maximum atomic E-state index is 11.9. The number of carbonyl (C=O) groups excluding carboxylic acids is 1. The van der Waals surface area contributed by atoms with Crippen molar-refractivity contribution in [2.45, 2.75) is 12.8 Å². The van der Waals surface area contributed by atoms with Crippen LogP contribution >= 0.6 is 27.5 Å². The van der Waals surface area contributed by atoms with Crippen LogP contribution in [0.4, 0.5) is 11.4 Å². The lowest BCUT2D eigenvalue weighted by molar-refractivity contribution is -0.116. The summed E-state index contributed by atoms with van der Waals surface area (Å²) in [7, 11) is 0. The van der Waals surface area contributed by atoms with Gasteiger partial charge in [-0.2, -0.15) is 0 Å². The predicted molar refractivity (Wildman–Crippen MR) is 87.0 cm³/mol. The van der Waals surface area contributed by atoms with Crippen molar-refractivity contribution in [3.63, 3.8) is 0 Å². The zero-order valence-electron chi connectivity index (χ0n) is 10.7. The number of amides is 1. The van der Waals surface area contributed by atoms with Crippen LogP contribution in [-0.4, -0.2) is 5.91 Å². The van der Waals surface area contributed by atoms with Crippen molar-refractivity contribution < 1.29 is 4.79 Å². The van der Waals surface area contributed by atoms with E-state index in [9.17, 15) is 4.79 Å². The number of hydrogen-bond donors (Lipinski definition) is 2. The van der Waals surface area contributed by atoms with E-state index < -0.39 is 0 Å². The maximum Gasteiger partial charge on any atom is 0.224 e. The zero-order valence-corrected chi connectivity index (χ0v) is 13.0. The van der Waals surface area contributed by atoms with E-state index in [1.54, 1.807) is 18.2 Å². The number of rotatable bonds is 4. The number of nitrogen functional groups attached to an aromatic ring is 1. The van der Waals surface area contributed by atoms with Crippen LogP contribution < -0.4 is 11.1 Å². The average molecular weight is 354 g/mol. The van der Waals surface area contributed by atoms with Gasteiger partial charge in [0.1, 0.15) is 0 Å². The lowest BCUT2D eigenvalue weighted by atomic mass is 10.1. The SMILES string of the molecule is Nc1ccc(CCC(=O)Nc2ccc(Cl)c(Br)c2)cc1. The molecule has 2 aromatic carbocycles. The highest BCUT2D eigenvalue weighted by atomic mass is 79.9. The largest absolute Gasteiger partial charge is 0.399 e. The van der Waals surface area contributed by atoms with Crippen molar-refractivity contribution in [2.75, 3.05) is 11.1 Å². The summed E-state index contributed by atoms with van der Waals surface area (Å²) in [6.07, 6.45) is 1.10. The second-order valence-corrected chi connectivity index (χ2v) is 5.68. The van der Waals surface area contributed by atoms with Gasteiger partial charge in [-0.1, -0.05) is 23.7 Å². The second-order valence-electron chi connectivity index (χ2n) is 4.42. The number of carbonyl (C=O) groups is 1. The van der Waals surface area contributed by atoms with Crippen LogP contribution in [0.15, 0.2) is 46.9 Å². The Morgan fingerprint density at radius 1 is 1.20 bits per heavy atom. The molecule has 0 aliphatic rings. The molecule has 0 aliphatic carbocycles. The van der Waals surface area contributed by atoms with Gasteiger partial charge >= 0.3 is 0 Å². The maximum absolute atomic E-state index is 11.9. The van der Waals surface area contributed by atoms with Crippen molar-refractivity contribution in [1.82, 2.24) is 0 Å². The summed E-state index contributed by atoms with van der Waals surface area (Å²) in [6.45, 7) is 0. The fraction of sp³-hybridized carbons (Fsp3) is 0.133. The van der Waals surface area contributed by atoms with E-state index in [1.807, 2.05) is 24.3 Å². The summed E-state index contributed by atoms with van der Waals surface area (Å²) in [5.41, 5.74) is 8.16. The number of benzene rings is 2. The highest BCUT2D eigenvalue weighted by Gasteiger charge is 2.05. The number of halogens is 2. The molecule has 3 nitrogen and oxygen atoms in total. The number of nitrogens with one attached hydrogen (secondary N) is 1. The third kappa shape index (κ3) is 4.25. The Kier molecular flexibility index (Phi) is 5.04. The Balaban J connectivity index is 1.89. The van der Waals surface area contributed by atoms with Crippen LogP contribution in [0.1, 0.15) is 12.0 Å². The van der Waals surface area contributed by atoms with Gasteiger partial charge in [-0.15, -0.1) is 0 Å². The molecule has 1 amide bonds. The standard InChI is InChI=1S/C15H14BrClN2O/c16-13-9-12(6-7-14(13)17)19-15(20)8-3-10-1-4-11(18)5-2-10/h1-2,4-7,9H,3,8,18H2,(H,19,20). The van der Waals surface area contributed by atoms with Crippen LogP contribution in [0.3, 0.4) is 0 Å².